The van der Waals surface area contributed by atoms with E-state index in [0.717, 1.165) is 50.0 Å². The third kappa shape index (κ3) is 3.41. The van der Waals surface area contributed by atoms with Crippen LogP contribution in [-0.4, -0.2) is 33.8 Å². The first-order chi connectivity index (χ1) is 10.8. The molecular formula is C20H31NO2. The van der Waals surface area contributed by atoms with Crippen molar-refractivity contribution < 1.29 is 10.2 Å². The van der Waals surface area contributed by atoms with Crippen LogP contribution in [0.1, 0.15) is 64.0 Å². The minimum absolute atomic E-state index is 0.0500. The molecule has 128 valence electrons. The number of piperidine rings is 1. The fraction of sp³-hybridized carbons (Fsp3) is 0.700. The Morgan fingerprint density at radius 2 is 2.00 bits per heavy atom. The number of aliphatic hydroxyl groups is 1. The molecule has 0 aromatic heterocycles. The lowest BCUT2D eigenvalue weighted by Gasteiger charge is -2.47. The first kappa shape index (κ1) is 16.8. The van der Waals surface area contributed by atoms with Gasteiger partial charge in [-0.3, -0.25) is 4.90 Å². The number of phenols is 1. The van der Waals surface area contributed by atoms with E-state index >= 15 is 0 Å². The summed E-state index contributed by atoms with van der Waals surface area (Å²) >= 11 is 0. The van der Waals surface area contributed by atoms with Crippen LogP contribution >= 0.6 is 0 Å². The van der Waals surface area contributed by atoms with Gasteiger partial charge in [0.1, 0.15) is 5.75 Å². The SMILES string of the molecule is CC(C)(C)c1cccc(CN2CC[C@@]3(O)CCCC[C@H]3C2)c1O. The molecule has 2 aliphatic rings. The summed E-state index contributed by atoms with van der Waals surface area (Å²) in [5, 5.41) is 21.5. The molecular weight excluding hydrogens is 286 g/mol. The highest BCUT2D eigenvalue weighted by Gasteiger charge is 2.42. The lowest BCUT2D eigenvalue weighted by molar-refractivity contribution is -0.0968. The number of benzene rings is 1. The van der Waals surface area contributed by atoms with Gasteiger partial charge in [0.2, 0.25) is 0 Å². The van der Waals surface area contributed by atoms with E-state index in [1.165, 1.54) is 12.8 Å². The molecule has 1 aromatic rings. The summed E-state index contributed by atoms with van der Waals surface area (Å²) in [5.41, 5.74) is 1.55. The zero-order valence-corrected chi connectivity index (χ0v) is 14.8. The Morgan fingerprint density at radius 3 is 2.74 bits per heavy atom. The van der Waals surface area contributed by atoms with E-state index in [1.807, 2.05) is 12.1 Å². The van der Waals surface area contributed by atoms with E-state index in [0.29, 0.717) is 11.7 Å². The van der Waals surface area contributed by atoms with E-state index < -0.39 is 5.60 Å². The average molecular weight is 317 g/mol. The summed E-state index contributed by atoms with van der Waals surface area (Å²) in [6, 6.07) is 6.11. The highest BCUT2D eigenvalue weighted by molar-refractivity contribution is 5.44. The smallest absolute Gasteiger partial charge is 0.123 e. The van der Waals surface area contributed by atoms with Gasteiger partial charge in [-0.2, -0.15) is 0 Å². The van der Waals surface area contributed by atoms with Gasteiger partial charge < -0.3 is 10.2 Å². The van der Waals surface area contributed by atoms with Crippen molar-refractivity contribution in [3.8, 4) is 5.75 Å². The van der Waals surface area contributed by atoms with E-state index in [9.17, 15) is 10.2 Å². The molecule has 1 saturated heterocycles. The van der Waals surface area contributed by atoms with Crippen molar-refractivity contribution in [1.29, 1.82) is 0 Å². The van der Waals surface area contributed by atoms with Crippen LogP contribution in [0.5, 0.6) is 5.75 Å². The van der Waals surface area contributed by atoms with Gasteiger partial charge in [0, 0.05) is 31.1 Å². The van der Waals surface area contributed by atoms with Crippen molar-refractivity contribution in [3.63, 3.8) is 0 Å². The fourth-order valence-electron chi connectivity index (χ4n) is 4.35. The molecule has 2 N–H and O–H groups in total. The topological polar surface area (TPSA) is 43.7 Å². The van der Waals surface area contributed by atoms with Gasteiger partial charge in [0.25, 0.3) is 0 Å². The molecule has 1 heterocycles. The van der Waals surface area contributed by atoms with Gasteiger partial charge in [-0.25, -0.2) is 0 Å². The zero-order chi connectivity index (χ0) is 16.7. The van der Waals surface area contributed by atoms with Crippen molar-refractivity contribution in [2.45, 2.75) is 70.4 Å². The lowest BCUT2D eigenvalue weighted by atomic mass is 9.71. The fourth-order valence-corrected chi connectivity index (χ4v) is 4.35. The van der Waals surface area contributed by atoms with Crippen molar-refractivity contribution in [1.82, 2.24) is 4.90 Å². The number of para-hydroxylation sites is 1. The summed E-state index contributed by atoms with van der Waals surface area (Å²) in [5.74, 6) is 0.849. The van der Waals surface area contributed by atoms with Gasteiger partial charge in [0.15, 0.2) is 0 Å². The Balaban J connectivity index is 1.73. The number of fused-ring (bicyclic) bond motifs is 1. The normalized spacial score (nSPS) is 29.3. The number of hydrogen-bond donors (Lipinski definition) is 2. The Bertz CT molecular complexity index is 563. The number of aromatic hydroxyl groups is 1. The largest absolute Gasteiger partial charge is 0.507 e. The number of likely N-dealkylation sites (tertiary alicyclic amines) is 1. The quantitative estimate of drug-likeness (QED) is 0.871. The molecule has 1 saturated carbocycles. The first-order valence-electron chi connectivity index (χ1n) is 9.06. The minimum Gasteiger partial charge on any atom is -0.507 e. The summed E-state index contributed by atoms with van der Waals surface area (Å²) in [6.07, 6.45) is 5.39. The zero-order valence-electron chi connectivity index (χ0n) is 14.8. The van der Waals surface area contributed by atoms with Crippen molar-refractivity contribution in [2.75, 3.05) is 13.1 Å². The maximum absolute atomic E-state index is 10.8. The number of hydrogen-bond acceptors (Lipinski definition) is 3. The molecule has 1 aliphatic carbocycles. The van der Waals surface area contributed by atoms with Crippen molar-refractivity contribution in [3.05, 3.63) is 29.3 Å². The van der Waals surface area contributed by atoms with Crippen LogP contribution in [0.4, 0.5) is 0 Å². The molecule has 1 aliphatic heterocycles. The second kappa shape index (κ2) is 6.10. The predicted molar refractivity (Wildman–Crippen MR) is 93.6 cm³/mol. The molecule has 0 unspecified atom stereocenters. The van der Waals surface area contributed by atoms with Gasteiger partial charge in [-0.1, -0.05) is 51.8 Å². The van der Waals surface area contributed by atoms with E-state index in [4.69, 9.17) is 0 Å². The highest BCUT2D eigenvalue weighted by atomic mass is 16.3. The van der Waals surface area contributed by atoms with Gasteiger partial charge in [-0.15, -0.1) is 0 Å². The van der Waals surface area contributed by atoms with Crippen LogP contribution < -0.4 is 0 Å². The van der Waals surface area contributed by atoms with Crippen LogP contribution in [0.3, 0.4) is 0 Å². The summed E-state index contributed by atoms with van der Waals surface area (Å²) in [6.45, 7) is 9.06. The maximum Gasteiger partial charge on any atom is 0.123 e. The van der Waals surface area contributed by atoms with Crippen LogP contribution in [0, 0.1) is 5.92 Å². The standard InChI is InChI=1S/C20H31NO2/c1-19(2,3)17-9-6-7-15(18(17)22)13-21-12-11-20(23)10-5-4-8-16(20)14-21/h6-7,9,16,22-23H,4-5,8,10-14H2,1-3H3/t16-,20-/m0/s1. The molecule has 3 heteroatoms. The number of rotatable bonds is 2. The maximum atomic E-state index is 10.8. The van der Waals surface area contributed by atoms with Crippen molar-refractivity contribution >= 4 is 0 Å². The summed E-state index contributed by atoms with van der Waals surface area (Å²) in [4.78, 5) is 2.41. The molecule has 2 fully saturated rings. The Hall–Kier alpha value is -1.06. The predicted octanol–water partition coefficient (Wildman–Crippen LogP) is 3.82. The lowest BCUT2D eigenvalue weighted by Crippen LogP contribution is -2.52. The van der Waals surface area contributed by atoms with Gasteiger partial charge in [0.05, 0.1) is 5.60 Å². The number of nitrogens with zero attached hydrogens (tertiary/aromatic N) is 1. The van der Waals surface area contributed by atoms with Crippen LogP contribution in [0.15, 0.2) is 18.2 Å². The van der Waals surface area contributed by atoms with E-state index in [-0.39, 0.29) is 5.41 Å². The van der Waals surface area contributed by atoms with Gasteiger partial charge in [-0.05, 0) is 30.2 Å². The molecule has 23 heavy (non-hydrogen) atoms. The molecule has 3 rings (SSSR count). The van der Waals surface area contributed by atoms with Crippen LogP contribution in [-0.2, 0) is 12.0 Å². The molecule has 0 radical (unpaired) electrons. The third-order valence-corrected chi connectivity index (χ3v) is 5.83. The Labute approximate surface area is 140 Å². The van der Waals surface area contributed by atoms with Gasteiger partial charge >= 0.3 is 0 Å². The number of phenolic OH excluding ortho intramolecular Hbond substituents is 1. The Morgan fingerprint density at radius 1 is 1.22 bits per heavy atom. The second-order valence-corrected chi connectivity index (χ2v) is 8.59. The monoisotopic (exact) mass is 317 g/mol. The average Bonchev–Trinajstić information content (AvgIpc) is 2.48. The van der Waals surface area contributed by atoms with Crippen LogP contribution in [0.2, 0.25) is 0 Å². The Kier molecular flexibility index (Phi) is 4.45. The first-order valence-corrected chi connectivity index (χ1v) is 9.06. The minimum atomic E-state index is -0.427. The molecule has 0 bridgehead atoms. The molecule has 0 amide bonds. The van der Waals surface area contributed by atoms with Crippen LogP contribution in [0.25, 0.3) is 0 Å². The molecule has 3 nitrogen and oxygen atoms in total. The second-order valence-electron chi connectivity index (χ2n) is 8.59. The molecule has 1 aromatic carbocycles. The molecule has 2 atom stereocenters. The summed E-state index contributed by atoms with van der Waals surface area (Å²) in [7, 11) is 0. The third-order valence-electron chi connectivity index (χ3n) is 5.83. The van der Waals surface area contributed by atoms with Crippen molar-refractivity contribution in [2.24, 2.45) is 5.92 Å². The molecule has 0 spiro atoms. The van der Waals surface area contributed by atoms with E-state index in [2.05, 4.69) is 31.7 Å². The van der Waals surface area contributed by atoms with E-state index in [1.54, 1.807) is 0 Å². The highest BCUT2D eigenvalue weighted by Crippen LogP contribution is 2.41. The summed E-state index contributed by atoms with van der Waals surface area (Å²) < 4.78 is 0.